The van der Waals surface area contributed by atoms with Crippen molar-refractivity contribution in [3.8, 4) is 5.75 Å². The fourth-order valence-electron chi connectivity index (χ4n) is 2.27. The fraction of sp³-hybridized carbons (Fsp3) is 0.500. The molecule has 2 rings (SSSR count). The number of aromatic hydroxyl groups is 1. The van der Waals surface area contributed by atoms with Crippen molar-refractivity contribution in [2.24, 2.45) is 0 Å². The average Bonchev–Trinajstić information content (AvgIpc) is 2.38. The lowest BCUT2D eigenvalue weighted by atomic mass is 10.1. The quantitative estimate of drug-likeness (QED) is 0.893. The van der Waals surface area contributed by atoms with E-state index in [1.807, 2.05) is 13.8 Å². The summed E-state index contributed by atoms with van der Waals surface area (Å²) in [6.07, 6.45) is 0.745. The molecular formula is C14H18FNO3. The van der Waals surface area contributed by atoms with E-state index in [1.165, 1.54) is 12.1 Å². The number of phenols is 1. The number of nitrogens with zero attached hydrogens (tertiary/aromatic N) is 1. The predicted octanol–water partition coefficient (Wildman–Crippen LogP) is 2.17. The Bertz CT molecular complexity index is 478. The van der Waals surface area contributed by atoms with Gasteiger partial charge in [0.25, 0.3) is 5.91 Å². The van der Waals surface area contributed by atoms with Crippen molar-refractivity contribution in [3.05, 3.63) is 29.6 Å². The van der Waals surface area contributed by atoms with E-state index in [2.05, 4.69) is 0 Å². The Labute approximate surface area is 111 Å². The van der Waals surface area contributed by atoms with Gasteiger partial charge in [-0.2, -0.15) is 0 Å². The van der Waals surface area contributed by atoms with Crippen molar-refractivity contribution in [1.29, 1.82) is 0 Å². The van der Waals surface area contributed by atoms with Crippen molar-refractivity contribution in [1.82, 2.24) is 4.90 Å². The Morgan fingerprint density at radius 2 is 2.32 bits per heavy atom. The molecule has 1 N–H and O–H groups in total. The van der Waals surface area contributed by atoms with Gasteiger partial charge in [-0.25, -0.2) is 4.39 Å². The molecule has 1 aromatic rings. The summed E-state index contributed by atoms with van der Waals surface area (Å²) in [5.74, 6) is -1.16. The third-order valence-corrected chi connectivity index (χ3v) is 3.39. The van der Waals surface area contributed by atoms with Gasteiger partial charge in [-0.05, 0) is 25.5 Å². The van der Waals surface area contributed by atoms with Gasteiger partial charge in [0, 0.05) is 12.6 Å². The summed E-state index contributed by atoms with van der Waals surface area (Å²) < 4.78 is 18.5. The molecule has 2 atom stereocenters. The van der Waals surface area contributed by atoms with Crippen molar-refractivity contribution in [3.63, 3.8) is 0 Å². The Balaban J connectivity index is 2.25. The number of hydrogen-bond donors (Lipinski definition) is 1. The van der Waals surface area contributed by atoms with Gasteiger partial charge < -0.3 is 14.7 Å². The number of carbonyl (C=O) groups is 1. The normalized spacial score (nSPS) is 23.4. The fourth-order valence-corrected chi connectivity index (χ4v) is 2.27. The summed E-state index contributed by atoms with van der Waals surface area (Å²) in [6.45, 7) is 4.85. The second-order valence-electron chi connectivity index (χ2n) is 4.83. The minimum absolute atomic E-state index is 0.00634. The molecule has 1 saturated heterocycles. The zero-order valence-corrected chi connectivity index (χ0v) is 11.1. The Kier molecular flexibility index (Phi) is 4.04. The number of carbonyl (C=O) groups excluding carboxylic acids is 1. The molecule has 0 aromatic heterocycles. The molecule has 5 heteroatoms. The van der Waals surface area contributed by atoms with Crippen LogP contribution in [0.25, 0.3) is 0 Å². The van der Waals surface area contributed by atoms with E-state index < -0.39 is 5.82 Å². The van der Waals surface area contributed by atoms with Crippen LogP contribution in [-0.4, -0.2) is 41.2 Å². The van der Waals surface area contributed by atoms with Crippen LogP contribution in [0.1, 0.15) is 30.6 Å². The summed E-state index contributed by atoms with van der Waals surface area (Å²) in [6, 6.07) is 3.45. The first kappa shape index (κ1) is 13.8. The molecule has 1 aliphatic heterocycles. The summed E-state index contributed by atoms with van der Waals surface area (Å²) in [5, 5.41) is 9.70. The first-order valence-electron chi connectivity index (χ1n) is 6.44. The number of morpholine rings is 1. The van der Waals surface area contributed by atoms with Crippen LogP contribution in [0, 0.1) is 5.82 Å². The van der Waals surface area contributed by atoms with Crippen molar-refractivity contribution < 1.29 is 19.0 Å². The molecular weight excluding hydrogens is 249 g/mol. The number of amides is 1. The van der Waals surface area contributed by atoms with Crippen LogP contribution in [0.2, 0.25) is 0 Å². The minimum atomic E-state index is -0.559. The summed E-state index contributed by atoms with van der Waals surface area (Å²) in [5.41, 5.74) is 0.133. The van der Waals surface area contributed by atoms with Crippen LogP contribution < -0.4 is 0 Å². The first-order valence-corrected chi connectivity index (χ1v) is 6.44. The van der Waals surface area contributed by atoms with Gasteiger partial charge in [0.1, 0.15) is 11.6 Å². The van der Waals surface area contributed by atoms with Gasteiger partial charge in [0.05, 0.1) is 24.3 Å². The molecule has 0 bridgehead atoms. The summed E-state index contributed by atoms with van der Waals surface area (Å²) >= 11 is 0. The molecule has 104 valence electrons. The number of benzene rings is 1. The number of halogens is 1. The van der Waals surface area contributed by atoms with E-state index >= 15 is 0 Å². The molecule has 0 aliphatic carbocycles. The maximum Gasteiger partial charge on any atom is 0.258 e. The molecule has 0 radical (unpaired) electrons. The highest BCUT2D eigenvalue weighted by atomic mass is 19.1. The second-order valence-corrected chi connectivity index (χ2v) is 4.83. The maximum absolute atomic E-state index is 13.0. The van der Waals surface area contributed by atoms with Gasteiger partial charge in [0.2, 0.25) is 0 Å². The molecule has 19 heavy (non-hydrogen) atoms. The van der Waals surface area contributed by atoms with Gasteiger partial charge in [0.15, 0.2) is 0 Å². The highest BCUT2D eigenvalue weighted by molar-refractivity contribution is 5.97. The van der Waals surface area contributed by atoms with E-state index in [9.17, 15) is 14.3 Å². The Hall–Kier alpha value is -1.62. The van der Waals surface area contributed by atoms with Crippen LogP contribution >= 0.6 is 0 Å². The van der Waals surface area contributed by atoms with Crippen molar-refractivity contribution >= 4 is 5.91 Å². The average molecular weight is 267 g/mol. The van der Waals surface area contributed by atoms with E-state index in [0.29, 0.717) is 13.2 Å². The Morgan fingerprint density at radius 1 is 1.58 bits per heavy atom. The maximum atomic E-state index is 13.0. The zero-order valence-electron chi connectivity index (χ0n) is 11.1. The van der Waals surface area contributed by atoms with E-state index in [4.69, 9.17) is 4.74 Å². The number of phenolic OH excluding ortho intramolecular Hbond substituents is 1. The van der Waals surface area contributed by atoms with Crippen LogP contribution in [0.4, 0.5) is 4.39 Å². The van der Waals surface area contributed by atoms with E-state index in [1.54, 1.807) is 4.90 Å². The standard InChI is InChI=1S/C14H18FNO3/c1-3-11-8-19-9(2)7-16(11)14(18)12-5-4-10(15)6-13(12)17/h4-6,9,11,17H,3,7-8H2,1-2H3. The molecule has 1 aromatic carbocycles. The lowest BCUT2D eigenvalue weighted by Gasteiger charge is -2.38. The van der Waals surface area contributed by atoms with Gasteiger partial charge in [-0.3, -0.25) is 4.79 Å². The van der Waals surface area contributed by atoms with Gasteiger partial charge in [-0.1, -0.05) is 6.92 Å². The third kappa shape index (κ3) is 2.87. The molecule has 1 fully saturated rings. The predicted molar refractivity (Wildman–Crippen MR) is 68.6 cm³/mol. The van der Waals surface area contributed by atoms with Crippen molar-refractivity contribution in [2.45, 2.75) is 32.4 Å². The smallest absolute Gasteiger partial charge is 0.258 e. The topological polar surface area (TPSA) is 49.8 Å². The van der Waals surface area contributed by atoms with Crippen LogP contribution in [0.15, 0.2) is 18.2 Å². The SMILES string of the molecule is CCC1COC(C)CN1C(=O)c1ccc(F)cc1O. The van der Waals surface area contributed by atoms with E-state index in [-0.39, 0.29) is 29.4 Å². The molecule has 1 amide bonds. The first-order chi connectivity index (χ1) is 9.02. The minimum Gasteiger partial charge on any atom is -0.507 e. The lowest BCUT2D eigenvalue weighted by Crippen LogP contribution is -2.51. The highest BCUT2D eigenvalue weighted by Crippen LogP contribution is 2.23. The lowest BCUT2D eigenvalue weighted by molar-refractivity contribution is -0.0444. The number of rotatable bonds is 2. The molecule has 0 spiro atoms. The highest BCUT2D eigenvalue weighted by Gasteiger charge is 2.31. The van der Waals surface area contributed by atoms with Gasteiger partial charge >= 0.3 is 0 Å². The molecule has 1 heterocycles. The van der Waals surface area contributed by atoms with E-state index in [0.717, 1.165) is 12.5 Å². The molecule has 1 aliphatic rings. The van der Waals surface area contributed by atoms with Gasteiger partial charge in [-0.15, -0.1) is 0 Å². The van der Waals surface area contributed by atoms with Crippen LogP contribution in [0.5, 0.6) is 5.75 Å². The zero-order chi connectivity index (χ0) is 14.0. The summed E-state index contributed by atoms with van der Waals surface area (Å²) in [4.78, 5) is 14.1. The van der Waals surface area contributed by atoms with Crippen molar-refractivity contribution in [2.75, 3.05) is 13.2 Å². The molecule has 0 saturated carbocycles. The third-order valence-electron chi connectivity index (χ3n) is 3.39. The second kappa shape index (κ2) is 5.57. The molecule has 2 unspecified atom stereocenters. The largest absolute Gasteiger partial charge is 0.507 e. The monoisotopic (exact) mass is 267 g/mol. The Morgan fingerprint density at radius 3 is 2.95 bits per heavy atom. The number of ether oxygens (including phenoxy) is 1. The molecule has 4 nitrogen and oxygen atoms in total. The van der Waals surface area contributed by atoms with Crippen LogP contribution in [0.3, 0.4) is 0 Å². The van der Waals surface area contributed by atoms with Crippen LogP contribution in [-0.2, 0) is 4.74 Å². The number of hydrogen-bond acceptors (Lipinski definition) is 3. The summed E-state index contributed by atoms with van der Waals surface area (Å²) in [7, 11) is 0.